The average molecular weight is 368 g/mol. The number of amidine groups is 1. The molecule has 2 aliphatic rings. The first-order valence-corrected chi connectivity index (χ1v) is 9.00. The van der Waals surface area contributed by atoms with E-state index in [9.17, 15) is 9.59 Å². The molecular formula is C16H18ClN3O3S. The standard InChI is InChI=1S/C16H18ClN3O3S/c1-23-12-5-4-10(8-11(12)17)18-14(21)9-13-15(22)19-16(24-13)20-6-2-3-7-20/h4-5,8,13H,2-3,6-7,9H2,1H3,(H,18,21)/t13-/m0/s1. The van der Waals surface area contributed by atoms with Gasteiger partial charge in [0, 0.05) is 25.2 Å². The Labute approximate surface area is 149 Å². The summed E-state index contributed by atoms with van der Waals surface area (Å²) in [5.41, 5.74) is 0.571. The van der Waals surface area contributed by atoms with E-state index >= 15 is 0 Å². The minimum Gasteiger partial charge on any atom is -0.495 e. The van der Waals surface area contributed by atoms with Crippen LogP contribution in [0.3, 0.4) is 0 Å². The van der Waals surface area contributed by atoms with E-state index in [0.29, 0.717) is 16.5 Å². The van der Waals surface area contributed by atoms with E-state index < -0.39 is 5.25 Å². The first-order valence-electron chi connectivity index (χ1n) is 7.74. The third-order valence-electron chi connectivity index (χ3n) is 3.91. The number of ether oxygens (including phenoxy) is 1. The molecule has 1 saturated heterocycles. The van der Waals surface area contributed by atoms with Gasteiger partial charge < -0.3 is 15.0 Å². The zero-order valence-corrected chi connectivity index (χ0v) is 14.8. The smallest absolute Gasteiger partial charge is 0.262 e. The summed E-state index contributed by atoms with van der Waals surface area (Å²) in [6.07, 6.45) is 2.34. The number of rotatable bonds is 4. The Morgan fingerprint density at radius 2 is 2.21 bits per heavy atom. The van der Waals surface area contributed by atoms with Crippen LogP contribution in [0.4, 0.5) is 5.69 Å². The Balaban J connectivity index is 1.55. The highest BCUT2D eigenvalue weighted by atomic mass is 35.5. The Bertz CT molecular complexity index is 689. The van der Waals surface area contributed by atoms with Crippen molar-refractivity contribution in [1.29, 1.82) is 0 Å². The molecule has 0 spiro atoms. The normalized spacial score (nSPS) is 20.2. The summed E-state index contributed by atoms with van der Waals surface area (Å²) in [4.78, 5) is 30.4. The molecule has 128 valence electrons. The van der Waals surface area contributed by atoms with Crippen molar-refractivity contribution in [3.8, 4) is 5.75 Å². The molecule has 1 fully saturated rings. The molecule has 24 heavy (non-hydrogen) atoms. The lowest BCUT2D eigenvalue weighted by Gasteiger charge is -2.16. The van der Waals surface area contributed by atoms with Crippen LogP contribution in [0.15, 0.2) is 23.2 Å². The van der Waals surface area contributed by atoms with Crippen molar-refractivity contribution in [1.82, 2.24) is 4.90 Å². The van der Waals surface area contributed by atoms with Crippen LogP contribution in [0.5, 0.6) is 5.75 Å². The Hall–Kier alpha value is -1.73. The predicted molar refractivity (Wildman–Crippen MR) is 95.9 cm³/mol. The molecule has 0 bridgehead atoms. The lowest BCUT2D eigenvalue weighted by atomic mass is 10.2. The van der Waals surface area contributed by atoms with E-state index in [1.165, 1.54) is 18.9 Å². The van der Waals surface area contributed by atoms with Gasteiger partial charge >= 0.3 is 0 Å². The van der Waals surface area contributed by atoms with Gasteiger partial charge in [-0.1, -0.05) is 23.4 Å². The van der Waals surface area contributed by atoms with Gasteiger partial charge in [-0.05, 0) is 31.0 Å². The number of carbonyl (C=O) groups excluding carboxylic acids is 2. The van der Waals surface area contributed by atoms with Crippen molar-refractivity contribution >= 4 is 46.0 Å². The van der Waals surface area contributed by atoms with Gasteiger partial charge in [-0.25, -0.2) is 0 Å². The van der Waals surface area contributed by atoms with Crippen molar-refractivity contribution in [3.63, 3.8) is 0 Å². The largest absolute Gasteiger partial charge is 0.495 e. The fourth-order valence-electron chi connectivity index (χ4n) is 2.68. The summed E-state index contributed by atoms with van der Waals surface area (Å²) >= 11 is 7.42. The summed E-state index contributed by atoms with van der Waals surface area (Å²) in [6.45, 7) is 1.87. The van der Waals surface area contributed by atoms with Crippen molar-refractivity contribution in [2.24, 2.45) is 4.99 Å². The number of carbonyl (C=O) groups is 2. The second-order valence-electron chi connectivity index (χ2n) is 5.63. The van der Waals surface area contributed by atoms with Crippen LogP contribution in [0, 0.1) is 0 Å². The van der Waals surface area contributed by atoms with Crippen LogP contribution in [0.25, 0.3) is 0 Å². The minimum absolute atomic E-state index is 0.0913. The third-order valence-corrected chi connectivity index (χ3v) is 5.42. The molecule has 2 aliphatic heterocycles. The summed E-state index contributed by atoms with van der Waals surface area (Å²) in [5.74, 6) is 0.0737. The minimum atomic E-state index is -0.450. The Kier molecular flexibility index (Phi) is 5.30. The lowest BCUT2D eigenvalue weighted by Crippen LogP contribution is -2.25. The van der Waals surface area contributed by atoms with Crippen LogP contribution < -0.4 is 10.1 Å². The van der Waals surface area contributed by atoms with E-state index in [4.69, 9.17) is 16.3 Å². The Morgan fingerprint density at radius 1 is 1.46 bits per heavy atom. The van der Waals surface area contributed by atoms with Gasteiger partial charge in [-0.15, -0.1) is 0 Å². The molecule has 0 unspecified atom stereocenters. The molecule has 2 heterocycles. The average Bonchev–Trinajstić information content (AvgIpc) is 3.18. The number of anilines is 1. The summed E-state index contributed by atoms with van der Waals surface area (Å²) < 4.78 is 5.07. The van der Waals surface area contributed by atoms with Crippen LogP contribution in [-0.2, 0) is 9.59 Å². The van der Waals surface area contributed by atoms with Gasteiger partial charge in [-0.2, -0.15) is 4.99 Å². The summed E-state index contributed by atoms with van der Waals surface area (Å²) in [6, 6.07) is 5.01. The molecule has 1 N–H and O–H groups in total. The number of aliphatic imine (C=N–C) groups is 1. The SMILES string of the molecule is COc1ccc(NC(=O)C[C@@H]2SC(N3CCCC3)=NC2=O)cc1Cl. The van der Waals surface area contributed by atoms with Crippen LogP contribution in [0.2, 0.25) is 5.02 Å². The number of methoxy groups -OCH3 is 1. The number of halogens is 1. The fourth-order valence-corrected chi connectivity index (χ4v) is 4.05. The van der Waals surface area contributed by atoms with Gasteiger partial charge in [0.1, 0.15) is 11.0 Å². The molecule has 0 aromatic heterocycles. The maximum atomic E-state index is 12.2. The highest BCUT2D eigenvalue weighted by Gasteiger charge is 2.33. The van der Waals surface area contributed by atoms with E-state index in [2.05, 4.69) is 15.2 Å². The second kappa shape index (κ2) is 7.44. The molecule has 0 aliphatic carbocycles. The van der Waals surface area contributed by atoms with E-state index in [0.717, 1.165) is 31.1 Å². The number of thioether (sulfide) groups is 1. The maximum Gasteiger partial charge on any atom is 0.262 e. The molecule has 1 atom stereocenters. The van der Waals surface area contributed by atoms with Gasteiger partial charge in [-0.3, -0.25) is 9.59 Å². The molecule has 0 saturated carbocycles. The fraction of sp³-hybridized carbons (Fsp3) is 0.438. The lowest BCUT2D eigenvalue weighted by molar-refractivity contribution is -0.121. The number of hydrogen-bond donors (Lipinski definition) is 1. The quantitative estimate of drug-likeness (QED) is 0.886. The number of likely N-dealkylation sites (tertiary alicyclic amines) is 1. The molecule has 3 rings (SSSR count). The topological polar surface area (TPSA) is 71.0 Å². The third kappa shape index (κ3) is 3.84. The number of nitrogens with one attached hydrogen (secondary N) is 1. The Morgan fingerprint density at radius 3 is 2.88 bits per heavy atom. The van der Waals surface area contributed by atoms with Crippen molar-refractivity contribution in [3.05, 3.63) is 23.2 Å². The molecule has 2 amide bonds. The van der Waals surface area contributed by atoms with Crippen LogP contribution >= 0.6 is 23.4 Å². The molecule has 0 radical (unpaired) electrons. The van der Waals surface area contributed by atoms with E-state index in [1.54, 1.807) is 18.2 Å². The second-order valence-corrected chi connectivity index (χ2v) is 7.21. The van der Waals surface area contributed by atoms with E-state index in [-0.39, 0.29) is 18.2 Å². The van der Waals surface area contributed by atoms with Gasteiger partial charge in [0.15, 0.2) is 5.17 Å². The summed E-state index contributed by atoms with van der Waals surface area (Å²) in [7, 11) is 1.53. The first kappa shape index (κ1) is 17.1. The van der Waals surface area contributed by atoms with Crippen LogP contribution in [0.1, 0.15) is 19.3 Å². The first-order chi connectivity index (χ1) is 11.6. The molecule has 1 aromatic carbocycles. The maximum absolute atomic E-state index is 12.2. The van der Waals surface area contributed by atoms with Gasteiger partial charge in [0.05, 0.1) is 12.1 Å². The van der Waals surface area contributed by atoms with Crippen LogP contribution in [-0.4, -0.2) is 47.3 Å². The number of benzene rings is 1. The number of hydrogen-bond acceptors (Lipinski definition) is 5. The molecule has 1 aromatic rings. The highest BCUT2D eigenvalue weighted by molar-refractivity contribution is 8.15. The van der Waals surface area contributed by atoms with Gasteiger partial charge in [0.2, 0.25) is 5.91 Å². The zero-order chi connectivity index (χ0) is 17.1. The van der Waals surface area contributed by atoms with Gasteiger partial charge in [0.25, 0.3) is 5.91 Å². The highest BCUT2D eigenvalue weighted by Crippen LogP contribution is 2.30. The monoisotopic (exact) mass is 367 g/mol. The summed E-state index contributed by atoms with van der Waals surface area (Å²) in [5, 5.41) is 3.48. The molecular weight excluding hydrogens is 350 g/mol. The number of nitrogens with zero attached hydrogens (tertiary/aromatic N) is 2. The van der Waals surface area contributed by atoms with Crippen molar-refractivity contribution in [2.75, 3.05) is 25.5 Å². The predicted octanol–water partition coefficient (Wildman–Crippen LogP) is 2.77. The van der Waals surface area contributed by atoms with Crippen molar-refractivity contribution < 1.29 is 14.3 Å². The zero-order valence-electron chi connectivity index (χ0n) is 13.3. The molecule has 8 heteroatoms. The van der Waals surface area contributed by atoms with Crippen molar-refractivity contribution in [2.45, 2.75) is 24.5 Å². The van der Waals surface area contributed by atoms with E-state index in [1.807, 2.05) is 0 Å². The number of amides is 2. The molecule has 6 nitrogen and oxygen atoms in total.